The Bertz CT molecular complexity index is 220. The Balaban J connectivity index is 3.89. The number of carbonyl (C=O) groups excluding carboxylic acids is 1. The van der Waals surface area contributed by atoms with Crippen molar-refractivity contribution in [1.82, 2.24) is 0 Å². The lowest BCUT2D eigenvalue weighted by atomic mass is 10.3. The fourth-order valence-corrected chi connectivity index (χ4v) is 1.07. The molecule has 0 N–H and O–H groups in total. The SMILES string of the molecule is CCC=CC(C)OC(=O)OC(C)C=CCC. The third kappa shape index (κ3) is 8.09. The van der Waals surface area contributed by atoms with Gasteiger partial charge in [0.1, 0.15) is 12.2 Å². The minimum absolute atomic E-state index is 0.241. The van der Waals surface area contributed by atoms with E-state index in [9.17, 15) is 4.79 Å². The highest BCUT2D eigenvalue weighted by molar-refractivity contribution is 5.60. The Kier molecular flexibility index (Phi) is 8.31. The normalized spacial score (nSPS) is 15.2. The van der Waals surface area contributed by atoms with E-state index in [4.69, 9.17) is 9.47 Å². The van der Waals surface area contributed by atoms with Crippen LogP contribution in [0.2, 0.25) is 0 Å². The van der Waals surface area contributed by atoms with E-state index in [1.54, 1.807) is 13.8 Å². The molecular formula is C13H22O3. The molecule has 16 heavy (non-hydrogen) atoms. The van der Waals surface area contributed by atoms with E-state index >= 15 is 0 Å². The zero-order valence-electron chi connectivity index (χ0n) is 10.6. The van der Waals surface area contributed by atoms with E-state index in [1.165, 1.54) is 0 Å². The van der Waals surface area contributed by atoms with E-state index in [0.717, 1.165) is 12.8 Å². The van der Waals surface area contributed by atoms with Gasteiger partial charge >= 0.3 is 6.16 Å². The first-order valence-electron chi connectivity index (χ1n) is 5.80. The molecule has 0 radical (unpaired) electrons. The van der Waals surface area contributed by atoms with Gasteiger partial charge in [0.05, 0.1) is 0 Å². The van der Waals surface area contributed by atoms with Gasteiger partial charge in [0.15, 0.2) is 0 Å². The van der Waals surface area contributed by atoms with Gasteiger partial charge in [-0.15, -0.1) is 0 Å². The number of hydrogen-bond donors (Lipinski definition) is 0. The lowest BCUT2D eigenvalue weighted by molar-refractivity contribution is 0.0296. The van der Waals surface area contributed by atoms with Crippen molar-refractivity contribution in [1.29, 1.82) is 0 Å². The van der Waals surface area contributed by atoms with Crippen molar-refractivity contribution in [3.8, 4) is 0 Å². The van der Waals surface area contributed by atoms with Crippen molar-refractivity contribution in [2.45, 2.75) is 52.7 Å². The topological polar surface area (TPSA) is 35.5 Å². The van der Waals surface area contributed by atoms with Gasteiger partial charge < -0.3 is 9.47 Å². The summed E-state index contributed by atoms with van der Waals surface area (Å²) in [6, 6.07) is 0. The third-order valence-corrected chi connectivity index (χ3v) is 1.85. The Morgan fingerprint density at radius 1 is 1.00 bits per heavy atom. The fourth-order valence-electron chi connectivity index (χ4n) is 1.07. The molecule has 0 aliphatic heterocycles. The predicted molar refractivity (Wildman–Crippen MR) is 65.4 cm³/mol. The van der Waals surface area contributed by atoms with Crippen molar-refractivity contribution >= 4 is 6.16 Å². The van der Waals surface area contributed by atoms with Crippen LogP contribution in [0.1, 0.15) is 40.5 Å². The van der Waals surface area contributed by atoms with Gasteiger partial charge in [0.25, 0.3) is 0 Å². The van der Waals surface area contributed by atoms with Gasteiger partial charge in [-0.1, -0.05) is 26.0 Å². The monoisotopic (exact) mass is 226 g/mol. The summed E-state index contributed by atoms with van der Waals surface area (Å²) in [6.45, 7) is 7.66. The molecular weight excluding hydrogens is 204 g/mol. The molecule has 0 rings (SSSR count). The zero-order valence-corrected chi connectivity index (χ0v) is 10.6. The maximum absolute atomic E-state index is 11.3. The largest absolute Gasteiger partial charge is 0.509 e. The summed E-state index contributed by atoms with van der Waals surface area (Å²) in [5.74, 6) is 0. The molecule has 3 nitrogen and oxygen atoms in total. The number of rotatable bonds is 6. The van der Waals surface area contributed by atoms with E-state index in [1.807, 2.05) is 38.2 Å². The number of hydrogen-bond acceptors (Lipinski definition) is 3. The smallest absolute Gasteiger partial charge is 0.427 e. The summed E-state index contributed by atoms with van der Waals surface area (Å²) in [6.07, 6.45) is 8.35. The molecule has 0 saturated heterocycles. The third-order valence-electron chi connectivity index (χ3n) is 1.85. The van der Waals surface area contributed by atoms with E-state index in [-0.39, 0.29) is 12.2 Å². The molecule has 2 atom stereocenters. The molecule has 0 amide bonds. The number of ether oxygens (including phenoxy) is 2. The molecule has 0 bridgehead atoms. The highest BCUT2D eigenvalue weighted by atomic mass is 16.7. The van der Waals surface area contributed by atoms with E-state index < -0.39 is 6.16 Å². The minimum Gasteiger partial charge on any atom is -0.427 e. The quantitative estimate of drug-likeness (QED) is 0.509. The van der Waals surface area contributed by atoms with Gasteiger partial charge in [-0.3, -0.25) is 0 Å². The minimum atomic E-state index is -0.624. The zero-order chi connectivity index (χ0) is 12.4. The first-order valence-corrected chi connectivity index (χ1v) is 5.80. The van der Waals surface area contributed by atoms with Crippen molar-refractivity contribution in [3.63, 3.8) is 0 Å². The summed E-state index contributed by atoms with van der Waals surface area (Å²) in [5.41, 5.74) is 0. The number of carbonyl (C=O) groups is 1. The van der Waals surface area contributed by atoms with Crippen LogP contribution in [0.15, 0.2) is 24.3 Å². The Labute approximate surface area is 98.1 Å². The molecule has 0 aromatic heterocycles. The van der Waals surface area contributed by atoms with Crippen LogP contribution in [0.3, 0.4) is 0 Å². The average molecular weight is 226 g/mol. The second kappa shape index (κ2) is 9.01. The first-order chi connectivity index (χ1) is 7.60. The Morgan fingerprint density at radius 3 is 1.69 bits per heavy atom. The van der Waals surface area contributed by atoms with Crippen LogP contribution in [0.4, 0.5) is 4.79 Å². The van der Waals surface area contributed by atoms with Crippen LogP contribution in [0.5, 0.6) is 0 Å². The van der Waals surface area contributed by atoms with Crippen LogP contribution < -0.4 is 0 Å². The van der Waals surface area contributed by atoms with Crippen LogP contribution >= 0.6 is 0 Å². The van der Waals surface area contributed by atoms with Crippen LogP contribution in [0.25, 0.3) is 0 Å². The van der Waals surface area contributed by atoms with E-state index in [2.05, 4.69) is 0 Å². The predicted octanol–water partition coefficient (Wildman–Crippen LogP) is 3.85. The summed E-state index contributed by atoms with van der Waals surface area (Å²) < 4.78 is 10.0. The average Bonchev–Trinajstić information content (AvgIpc) is 2.23. The van der Waals surface area contributed by atoms with Crippen molar-refractivity contribution < 1.29 is 14.3 Å². The maximum Gasteiger partial charge on any atom is 0.509 e. The molecule has 3 heteroatoms. The molecule has 0 fully saturated rings. The van der Waals surface area contributed by atoms with Crippen LogP contribution in [-0.2, 0) is 9.47 Å². The van der Waals surface area contributed by atoms with Gasteiger partial charge in [0.2, 0.25) is 0 Å². The summed E-state index contributed by atoms with van der Waals surface area (Å²) >= 11 is 0. The molecule has 0 aliphatic rings. The second-order valence-electron chi connectivity index (χ2n) is 3.57. The highest BCUT2D eigenvalue weighted by Crippen LogP contribution is 2.01. The van der Waals surface area contributed by atoms with Crippen molar-refractivity contribution in [2.75, 3.05) is 0 Å². The maximum atomic E-state index is 11.3. The molecule has 2 unspecified atom stereocenters. The Morgan fingerprint density at radius 2 is 1.38 bits per heavy atom. The molecule has 0 saturated carbocycles. The molecule has 0 aliphatic carbocycles. The lowest BCUT2D eigenvalue weighted by Crippen LogP contribution is -2.18. The van der Waals surface area contributed by atoms with Gasteiger partial charge in [-0.25, -0.2) is 4.79 Å². The standard InChI is InChI=1S/C13H22O3/c1-5-7-9-11(3)15-13(14)16-12(4)10-8-6-2/h7-12H,5-6H2,1-4H3. The van der Waals surface area contributed by atoms with Gasteiger partial charge in [-0.2, -0.15) is 0 Å². The van der Waals surface area contributed by atoms with Crippen molar-refractivity contribution in [2.24, 2.45) is 0 Å². The molecule has 0 aromatic carbocycles. The number of allylic oxidation sites excluding steroid dienone is 2. The van der Waals surface area contributed by atoms with E-state index in [0.29, 0.717) is 0 Å². The highest BCUT2D eigenvalue weighted by Gasteiger charge is 2.10. The summed E-state index contributed by atoms with van der Waals surface area (Å²) in [4.78, 5) is 11.3. The fraction of sp³-hybridized carbons (Fsp3) is 0.615. The van der Waals surface area contributed by atoms with Crippen LogP contribution in [-0.4, -0.2) is 18.4 Å². The summed E-state index contributed by atoms with van der Waals surface area (Å²) in [7, 11) is 0. The first kappa shape index (κ1) is 14.8. The molecule has 0 spiro atoms. The molecule has 92 valence electrons. The van der Waals surface area contributed by atoms with Crippen LogP contribution in [0, 0.1) is 0 Å². The molecule has 0 aromatic rings. The Hall–Kier alpha value is -1.25. The second-order valence-corrected chi connectivity index (χ2v) is 3.57. The lowest BCUT2D eigenvalue weighted by Gasteiger charge is -2.12. The van der Waals surface area contributed by atoms with Gasteiger partial charge in [-0.05, 0) is 38.8 Å². The van der Waals surface area contributed by atoms with Gasteiger partial charge in [0, 0.05) is 0 Å². The van der Waals surface area contributed by atoms with Crippen molar-refractivity contribution in [3.05, 3.63) is 24.3 Å². The molecule has 0 heterocycles. The summed E-state index contributed by atoms with van der Waals surface area (Å²) in [5, 5.41) is 0.